The Morgan fingerprint density at radius 1 is 1.44 bits per heavy atom. The van der Waals surface area contributed by atoms with Gasteiger partial charge in [-0.15, -0.1) is 0 Å². The topological polar surface area (TPSA) is 91.3 Å². The number of hydrogen-bond donors (Lipinski definition) is 3. The number of carboxylic acids is 1. The molecule has 2 amide bonds. The number of carbonyl (C=O) groups excluding carboxylic acids is 1. The van der Waals surface area contributed by atoms with E-state index in [1.165, 1.54) is 6.08 Å². The van der Waals surface area contributed by atoms with Crippen molar-refractivity contribution in [1.82, 2.24) is 10.3 Å². The Morgan fingerprint density at radius 3 is 2.89 bits per heavy atom. The van der Waals surface area contributed by atoms with E-state index in [4.69, 9.17) is 5.11 Å². The number of carboxylic acid groups (broad SMARTS) is 1. The lowest BCUT2D eigenvalue weighted by molar-refractivity contribution is -0.131. The molecule has 0 aliphatic carbocycles. The summed E-state index contributed by atoms with van der Waals surface area (Å²) in [6.45, 7) is 2.54. The second kappa shape index (κ2) is 7.05. The molecule has 0 unspecified atom stereocenters. The molecule has 0 saturated carbocycles. The number of hydrogen-bond acceptors (Lipinski definition) is 3. The van der Waals surface area contributed by atoms with Crippen LogP contribution in [0.4, 0.5) is 10.6 Å². The third-order valence-corrected chi connectivity index (χ3v) is 1.94. The van der Waals surface area contributed by atoms with E-state index in [0.29, 0.717) is 18.1 Å². The fourth-order valence-electron chi connectivity index (χ4n) is 1.17. The Hall–Kier alpha value is -2.37. The molecular formula is C12H15N3O3. The highest BCUT2D eigenvalue weighted by molar-refractivity contribution is 5.88. The highest BCUT2D eigenvalue weighted by atomic mass is 16.4. The molecule has 1 heterocycles. The number of aliphatic carboxylic acids is 1. The maximum Gasteiger partial charge on any atom is 0.328 e. The van der Waals surface area contributed by atoms with Crippen LogP contribution in [0.1, 0.15) is 19.0 Å². The van der Waals surface area contributed by atoms with Crippen molar-refractivity contribution in [1.29, 1.82) is 0 Å². The van der Waals surface area contributed by atoms with Crippen LogP contribution in [0.2, 0.25) is 0 Å². The predicted octanol–water partition coefficient (Wildman–Crippen LogP) is 1.71. The summed E-state index contributed by atoms with van der Waals surface area (Å²) in [4.78, 5) is 25.8. The van der Waals surface area contributed by atoms with Crippen LogP contribution >= 0.6 is 0 Å². The Labute approximate surface area is 105 Å². The highest BCUT2D eigenvalue weighted by Gasteiger charge is 2.01. The number of aromatic nitrogens is 1. The van der Waals surface area contributed by atoms with E-state index in [1.54, 1.807) is 18.2 Å². The molecule has 0 aliphatic heterocycles. The third kappa shape index (κ3) is 5.11. The van der Waals surface area contributed by atoms with Gasteiger partial charge in [-0.05, 0) is 24.6 Å². The Kier molecular flexibility index (Phi) is 5.37. The van der Waals surface area contributed by atoms with Crippen LogP contribution in [-0.4, -0.2) is 28.6 Å². The van der Waals surface area contributed by atoms with Gasteiger partial charge in [0.2, 0.25) is 0 Å². The van der Waals surface area contributed by atoms with Crippen LogP contribution < -0.4 is 10.6 Å². The number of urea groups is 1. The molecule has 1 aromatic rings. The summed E-state index contributed by atoms with van der Waals surface area (Å²) in [5.41, 5.74) is 0.464. The quantitative estimate of drug-likeness (QED) is 0.693. The summed E-state index contributed by atoms with van der Waals surface area (Å²) < 4.78 is 0. The van der Waals surface area contributed by atoms with Gasteiger partial charge >= 0.3 is 12.0 Å². The third-order valence-electron chi connectivity index (χ3n) is 1.94. The zero-order valence-corrected chi connectivity index (χ0v) is 10.0. The van der Waals surface area contributed by atoms with E-state index >= 15 is 0 Å². The van der Waals surface area contributed by atoms with Gasteiger partial charge in [0, 0.05) is 12.6 Å². The van der Waals surface area contributed by atoms with Gasteiger partial charge in [0.1, 0.15) is 5.82 Å². The van der Waals surface area contributed by atoms with Gasteiger partial charge in [0.05, 0.1) is 5.69 Å². The summed E-state index contributed by atoms with van der Waals surface area (Å²) in [7, 11) is 0. The van der Waals surface area contributed by atoms with E-state index in [1.807, 2.05) is 6.92 Å². The zero-order valence-electron chi connectivity index (χ0n) is 10.0. The van der Waals surface area contributed by atoms with Crippen LogP contribution in [0.3, 0.4) is 0 Å². The van der Waals surface area contributed by atoms with Crippen molar-refractivity contribution < 1.29 is 14.7 Å². The molecule has 0 radical (unpaired) electrons. The standard InChI is InChI=1S/C12H15N3O3/c1-2-8-13-12(18)15-10-5-3-4-9(14-10)6-7-11(16)17/h3-7H,2,8H2,1H3,(H,16,17)(H2,13,14,15,18). The van der Waals surface area contributed by atoms with Gasteiger partial charge in [-0.25, -0.2) is 14.6 Å². The van der Waals surface area contributed by atoms with Crippen molar-refractivity contribution in [3.63, 3.8) is 0 Å². The van der Waals surface area contributed by atoms with Gasteiger partial charge in [0.25, 0.3) is 0 Å². The van der Waals surface area contributed by atoms with Crippen LogP contribution in [0.25, 0.3) is 6.08 Å². The second-order valence-electron chi connectivity index (χ2n) is 3.50. The predicted molar refractivity (Wildman–Crippen MR) is 68.2 cm³/mol. The summed E-state index contributed by atoms with van der Waals surface area (Å²) in [5, 5.41) is 13.7. The average molecular weight is 249 g/mol. The normalized spacial score (nSPS) is 10.3. The van der Waals surface area contributed by atoms with Crippen molar-refractivity contribution in [3.8, 4) is 0 Å². The molecular weight excluding hydrogens is 234 g/mol. The van der Waals surface area contributed by atoms with Crippen LogP contribution in [0, 0.1) is 0 Å². The first-order valence-electron chi connectivity index (χ1n) is 5.54. The molecule has 6 heteroatoms. The Balaban J connectivity index is 2.64. The lowest BCUT2D eigenvalue weighted by Crippen LogP contribution is -2.29. The summed E-state index contributed by atoms with van der Waals surface area (Å²) in [6, 6.07) is 4.63. The Bertz CT molecular complexity index is 458. The fraction of sp³-hybridized carbons (Fsp3) is 0.250. The number of nitrogens with one attached hydrogen (secondary N) is 2. The number of rotatable bonds is 5. The highest BCUT2D eigenvalue weighted by Crippen LogP contribution is 2.06. The minimum atomic E-state index is -1.05. The van der Waals surface area contributed by atoms with E-state index < -0.39 is 5.97 Å². The van der Waals surface area contributed by atoms with Crippen LogP contribution in [0.5, 0.6) is 0 Å². The van der Waals surface area contributed by atoms with Crippen molar-refractivity contribution in [2.75, 3.05) is 11.9 Å². The summed E-state index contributed by atoms with van der Waals surface area (Å²) >= 11 is 0. The van der Waals surface area contributed by atoms with Crippen molar-refractivity contribution >= 4 is 23.9 Å². The minimum absolute atomic E-state index is 0.330. The molecule has 18 heavy (non-hydrogen) atoms. The largest absolute Gasteiger partial charge is 0.478 e. The van der Waals surface area contributed by atoms with Gasteiger partial charge in [0.15, 0.2) is 0 Å². The first-order valence-corrected chi connectivity index (χ1v) is 5.54. The Morgan fingerprint density at radius 2 is 2.22 bits per heavy atom. The lowest BCUT2D eigenvalue weighted by atomic mass is 10.3. The van der Waals surface area contributed by atoms with Crippen molar-refractivity contribution in [3.05, 3.63) is 30.0 Å². The lowest BCUT2D eigenvalue weighted by Gasteiger charge is -2.06. The minimum Gasteiger partial charge on any atom is -0.478 e. The van der Waals surface area contributed by atoms with E-state index in [-0.39, 0.29) is 6.03 Å². The van der Waals surface area contributed by atoms with Crippen LogP contribution in [0.15, 0.2) is 24.3 Å². The average Bonchev–Trinajstić information content (AvgIpc) is 2.34. The monoisotopic (exact) mass is 249 g/mol. The van der Waals surface area contributed by atoms with Crippen LogP contribution in [-0.2, 0) is 4.79 Å². The molecule has 6 nitrogen and oxygen atoms in total. The molecule has 96 valence electrons. The molecule has 1 aromatic heterocycles. The zero-order chi connectivity index (χ0) is 13.4. The SMILES string of the molecule is CCCNC(=O)Nc1cccc(C=CC(=O)O)n1. The molecule has 1 rings (SSSR count). The summed E-state index contributed by atoms with van der Waals surface area (Å²) in [6.07, 6.45) is 3.20. The number of amides is 2. The molecule has 0 fully saturated rings. The molecule has 0 atom stereocenters. The fourth-order valence-corrected chi connectivity index (χ4v) is 1.17. The number of carbonyl (C=O) groups is 2. The van der Waals surface area contributed by atoms with Gasteiger partial charge in [-0.1, -0.05) is 13.0 Å². The smallest absolute Gasteiger partial charge is 0.328 e. The van der Waals surface area contributed by atoms with Gasteiger partial charge in [-0.2, -0.15) is 0 Å². The van der Waals surface area contributed by atoms with Gasteiger partial charge < -0.3 is 10.4 Å². The molecule has 0 spiro atoms. The first kappa shape index (κ1) is 13.7. The number of nitrogens with zero attached hydrogens (tertiary/aromatic N) is 1. The maximum absolute atomic E-state index is 11.4. The molecule has 0 saturated heterocycles. The van der Waals surface area contributed by atoms with Crippen molar-refractivity contribution in [2.45, 2.75) is 13.3 Å². The van der Waals surface area contributed by atoms with E-state index in [0.717, 1.165) is 12.5 Å². The van der Waals surface area contributed by atoms with E-state index in [9.17, 15) is 9.59 Å². The number of pyridine rings is 1. The summed E-state index contributed by atoms with van der Waals surface area (Å²) in [5.74, 6) is -0.674. The van der Waals surface area contributed by atoms with Crippen molar-refractivity contribution in [2.24, 2.45) is 0 Å². The molecule has 0 aliphatic rings. The van der Waals surface area contributed by atoms with E-state index in [2.05, 4.69) is 15.6 Å². The maximum atomic E-state index is 11.4. The number of anilines is 1. The molecule has 0 bridgehead atoms. The second-order valence-corrected chi connectivity index (χ2v) is 3.50. The molecule has 0 aromatic carbocycles. The molecule has 3 N–H and O–H groups in total. The first-order chi connectivity index (χ1) is 8.61. The van der Waals surface area contributed by atoms with Gasteiger partial charge in [-0.3, -0.25) is 5.32 Å².